The molecule has 1 aromatic rings. The maximum Gasteiger partial charge on any atom is 0.123 e. The average Bonchev–Trinajstić information content (AvgIpc) is 2.47. The maximum absolute atomic E-state index is 5.50. The summed E-state index contributed by atoms with van der Waals surface area (Å²) in [5.74, 6) is 7.84. The summed E-state index contributed by atoms with van der Waals surface area (Å²) >= 11 is 0. The van der Waals surface area contributed by atoms with E-state index in [9.17, 15) is 0 Å². The third kappa shape index (κ3) is 4.49. The lowest BCUT2D eigenvalue weighted by molar-refractivity contribution is 0.177. The van der Waals surface area contributed by atoms with E-state index in [1.54, 1.807) is 7.11 Å². The number of methoxy groups -OCH3 is 1. The van der Waals surface area contributed by atoms with Gasteiger partial charge in [-0.3, -0.25) is 4.90 Å². The molecular formula is C18H26N2O. The molecule has 2 N–H and O–H groups in total. The van der Waals surface area contributed by atoms with E-state index in [0.717, 1.165) is 30.3 Å². The fourth-order valence-corrected chi connectivity index (χ4v) is 2.72. The minimum absolute atomic E-state index is 0.393. The first-order valence-corrected chi connectivity index (χ1v) is 7.85. The van der Waals surface area contributed by atoms with Gasteiger partial charge < -0.3 is 10.5 Å². The van der Waals surface area contributed by atoms with Gasteiger partial charge in [0.1, 0.15) is 5.75 Å². The second-order valence-corrected chi connectivity index (χ2v) is 5.66. The fraction of sp³-hybridized carbons (Fsp3) is 0.556. The zero-order valence-corrected chi connectivity index (χ0v) is 13.2. The summed E-state index contributed by atoms with van der Waals surface area (Å²) in [6.07, 6.45) is 4.17. The second kappa shape index (κ2) is 8.07. The van der Waals surface area contributed by atoms with Crippen molar-refractivity contribution >= 4 is 0 Å². The molecule has 0 aromatic heterocycles. The predicted octanol–water partition coefficient (Wildman–Crippen LogP) is 2.63. The Morgan fingerprint density at radius 3 is 2.76 bits per heavy atom. The Labute approximate surface area is 128 Å². The molecule has 1 fully saturated rings. The highest BCUT2D eigenvalue weighted by molar-refractivity contribution is 5.44. The Morgan fingerprint density at radius 2 is 2.19 bits per heavy atom. The van der Waals surface area contributed by atoms with Crippen LogP contribution in [0, 0.1) is 17.8 Å². The molecule has 0 unspecified atom stereocenters. The Hall–Kier alpha value is -1.50. The van der Waals surface area contributed by atoms with Gasteiger partial charge in [0.25, 0.3) is 0 Å². The molecule has 0 bridgehead atoms. The normalized spacial score (nSPS) is 14.5. The van der Waals surface area contributed by atoms with Crippen molar-refractivity contribution < 1.29 is 4.74 Å². The average molecular weight is 286 g/mol. The van der Waals surface area contributed by atoms with E-state index in [4.69, 9.17) is 10.5 Å². The highest BCUT2D eigenvalue weighted by Gasteiger charge is 2.20. The second-order valence-electron chi connectivity index (χ2n) is 5.66. The first-order chi connectivity index (χ1) is 10.3. The summed E-state index contributed by atoms with van der Waals surface area (Å²) < 4.78 is 5.50. The molecule has 0 aliphatic heterocycles. The predicted molar refractivity (Wildman–Crippen MR) is 87.2 cm³/mol. The van der Waals surface area contributed by atoms with Crippen LogP contribution >= 0.6 is 0 Å². The van der Waals surface area contributed by atoms with Gasteiger partial charge in [-0.2, -0.15) is 0 Å². The van der Waals surface area contributed by atoms with Crippen molar-refractivity contribution in [2.45, 2.75) is 32.7 Å². The number of hydrogen-bond donors (Lipinski definition) is 1. The number of rotatable bonds is 6. The van der Waals surface area contributed by atoms with Crippen molar-refractivity contribution in [3.8, 4) is 17.6 Å². The molecule has 0 atom stereocenters. The van der Waals surface area contributed by atoms with E-state index in [1.165, 1.54) is 31.4 Å². The van der Waals surface area contributed by atoms with Crippen LogP contribution in [0.5, 0.6) is 5.75 Å². The third-order valence-corrected chi connectivity index (χ3v) is 4.20. The molecule has 21 heavy (non-hydrogen) atoms. The first kappa shape index (κ1) is 15.9. The van der Waals surface area contributed by atoms with Gasteiger partial charge in [0.2, 0.25) is 0 Å². The zero-order chi connectivity index (χ0) is 15.1. The minimum atomic E-state index is 0.393. The SMILES string of the molecule is CCN(Cc1cc(C#CCN)ccc1OC)CC1CCC1. The summed E-state index contributed by atoms with van der Waals surface area (Å²) in [7, 11) is 1.73. The number of nitrogens with two attached hydrogens (primary N) is 1. The van der Waals surface area contributed by atoms with Gasteiger partial charge in [0.05, 0.1) is 13.7 Å². The van der Waals surface area contributed by atoms with E-state index in [-0.39, 0.29) is 0 Å². The molecule has 1 aromatic carbocycles. The van der Waals surface area contributed by atoms with Gasteiger partial charge in [-0.05, 0) is 43.5 Å². The molecule has 1 aliphatic carbocycles. The molecule has 3 heteroatoms. The Bertz CT molecular complexity index is 512. The highest BCUT2D eigenvalue weighted by atomic mass is 16.5. The first-order valence-electron chi connectivity index (χ1n) is 7.85. The van der Waals surface area contributed by atoms with Crippen LogP contribution in [0.25, 0.3) is 0 Å². The maximum atomic E-state index is 5.50. The van der Waals surface area contributed by atoms with Crippen molar-refractivity contribution in [1.82, 2.24) is 4.90 Å². The highest BCUT2D eigenvalue weighted by Crippen LogP contribution is 2.28. The standard InChI is InChI=1S/C18H26N2O/c1-3-20(13-16-6-4-7-16)14-17-12-15(8-5-11-19)9-10-18(17)21-2/h9-10,12,16H,3-4,6-7,11,13-14,19H2,1-2H3. The lowest BCUT2D eigenvalue weighted by Gasteiger charge is -2.32. The van der Waals surface area contributed by atoms with Crippen LogP contribution in [0.15, 0.2) is 18.2 Å². The topological polar surface area (TPSA) is 38.5 Å². The van der Waals surface area contributed by atoms with Crippen LogP contribution in [0.4, 0.5) is 0 Å². The van der Waals surface area contributed by atoms with Crippen molar-refractivity contribution in [3.63, 3.8) is 0 Å². The van der Waals surface area contributed by atoms with E-state index in [1.807, 2.05) is 12.1 Å². The van der Waals surface area contributed by atoms with Crippen LogP contribution in [0.3, 0.4) is 0 Å². The molecule has 0 spiro atoms. The summed E-state index contributed by atoms with van der Waals surface area (Å²) in [6.45, 7) is 5.80. The van der Waals surface area contributed by atoms with Crippen molar-refractivity contribution in [2.75, 3.05) is 26.7 Å². The van der Waals surface area contributed by atoms with Gasteiger partial charge in [-0.1, -0.05) is 25.2 Å². The Morgan fingerprint density at radius 1 is 1.38 bits per heavy atom. The quantitative estimate of drug-likeness (QED) is 0.817. The smallest absolute Gasteiger partial charge is 0.123 e. The number of hydrogen-bond acceptors (Lipinski definition) is 3. The summed E-state index contributed by atoms with van der Waals surface area (Å²) in [5, 5.41) is 0. The fourth-order valence-electron chi connectivity index (χ4n) is 2.72. The van der Waals surface area contributed by atoms with Crippen LogP contribution in [-0.4, -0.2) is 31.6 Å². The van der Waals surface area contributed by atoms with Gasteiger partial charge in [0.15, 0.2) is 0 Å². The van der Waals surface area contributed by atoms with E-state index in [2.05, 4.69) is 29.7 Å². The molecule has 1 saturated carbocycles. The lowest BCUT2D eigenvalue weighted by Crippen LogP contribution is -2.32. The van der Waals surface area contributed by atoms with Crippen LogP contribution in [0.2, 0.25) is 0 Å². The summed E-state index contributed by atoms with van der Waals surface area (Å²) in [6, 6.07) is 6.13. The van der Waals surface area contributed by atoms with Crippen molar-refractivity contribution in [3.05, 3.63) is 29.3 Å². The van der Waals surface area contributed by atoms with Gasteiger partial charge in [0, 0.05) is 24.2 Å². The zero-order valence-electron chi connectivity index (χ0n) is 13.2. The Kier molecular flexibility index (Phi) is 6.10. The van der Waals surface area contributed by atoms with Gasteiger partial charge >= 0.3 is 0 Å². The van der Waals surface area contributed by atoms with Gasteiger partial charge in [-0.25, -0.2) is 0 Å². The number of nitrogens with zero attached hydrogens (tertiary/aromatic N) is 1. The van der Waals surface area contributed by atoms with Crippen LogP contribution in [-0.2, 0) is 6.54 Å². The largest absolute Gasteiger partial charge is 0.496 e. The molecule has 114 valence electrons. The van der Waals surface area contributed by atoms with Crippen molar-refractivity contribution in [1.29, 1.82) is 0 Å². The van der Waals surface area contributed by atoms with E-state index < -0.39 is 0 Å². The van der Waals surface area contributed by atoms with Crippen LogP contribution < -0.4 is 10.5 Å². The van der Waals surface area contributed by atoms with Gasteiger partial charge in [-0.15, -0.1) is 0 Å². The van der Waals surface area contributed by atoms with E-state index in [0.29, 0.717) is 6.54 Å². The summed E-state index contributed by atoms with van der Waals surface area (Å²) in [4.78, 5) is 2.50. The van der Waals surface area contributed by atoms with E-state index >= 15 is 0 Å². The summed E-state index contributed by atoms with van der Waals surface area (Å²) in [5.41, 5.74) is 7.66. The molecule has 0 saturated heterocycles. The lowest BCUT2D eigenvalue weighted by atomic mass is 9.85. The monoisotopic (exact) mass is 286 g/mol. The Balaban J connectivity index is 2.10. The molecule has 0 radical (unpaired) electrons. The minimum Gasteiger partial charge on any atom is -0.496 e. The molecule has 3 nitrogen and oxygen atoms in total. The third-order valence-electron chi connectivity index (χ3n) is 4.20. The molecule has 0 amide bonds. The van der Waals surface area contributed by atoms with Crippen molar-refractivity contribution in [2.24, 2.45) is 11.7 Å². The molecule has 1 aliphatic rings. The molecular weight excluding hydrogens is 260 g/mol. The molecule has 2 rings (SSSR count). The number of ether oxygens (including phenoxy) is 1. The molecule has 0 heterocycles. The number of benzene rings is 1. The van der Waals surface area contributed by atoms with Crippen LogP contribution in [0.1, 0.15) is 37.3 Å².